The van der Waals surface area contributed by atoms with Gasteiger partial charge in [0.15, 0.2) is 0 Å². The second-order valence-corrected chi connectivity index (χ2v) is 6.65. The van der Waals surface area contributed by atoms with Crippen molar-refractivity contribution in [2.45, 2.75) is 25.1 Å². The summed E-state index contributed by atoms with van der Waals surface area (Å²) < 4.78 is 68.0. The highest BCUT2D eigenvalue weighted by atomic mass is 32.2. The Bertz CT molecular complexity index is 864. The van der Waals surface area contributed by atoms with Crippen LogP contribution >= 0.6 is 0 Å². The zero-order chi connectivity index (χ0) is 18.1. The van der Waals surface area contributed by atoms with E-state index in [0.717, 1.165) is 12.1 Å². The molecule has 0 unspecified atom stereocenters. The van der Waals surface area contributed by atoms with Crippen LogP contribution in [-0.4, -0.2) is 19.9 Å². The van der Waals surface area contributed by atoms with Crippen LogP contribution in [0.2, 0.25) is 0 Å². The molecule has 0 aliphatic heterocycles. The maximum atomic E-state index is 12.4. The minimum Gasteiger partial charge on any atom is -0.507 e. The minimum absolute atomic E-state index is 0.0555. The molecule has 9 heteroatoms. The van der Waals surface area contributed by atoms with E-state index >= 15 is 0 Å². The van der Waals surface area contributed by atoms with Crippen molar-refractivity contribution >= 4 is 15.7 Å². The SMILES string of the molecule is Cc1ccc(NS(=O)(=O)c2ccccc2OC(F)(F)F)c(C)c1O. The Morgan fingerprint density at radius 1 is 1.08 bits per heavy atom. The molecule has 0 atom stereocenters. The number of ether oxygens (including phenoxy) is 1. The second-order valence-electron chi connectivity index (χ2n) is 5.00. The van der Waals surface area contributed by atoms with Crippen molar-refractivity contribution in [3.63, 3.8) is 0 Å². The molecule has 5 nitrogen and oxygen atoms in total. The summed E-state index contributed by atoms with van der Waals surface area (Å²) in [5.74, 6) is -0.943. The highest BCUT2D eigenvalue weighted by molar-refractivity contribution is 7.92. The Balaban J connectivity index is 2.44. The van der Waals surface area contributed by atoms with E-state index in [0.29, 0.717) is 5.56 Å². The second kappa shape index (κ2) is 6.23. The summed E-state index contributed by atoms with van der Waals surface area (Å²) in [5.41, 5.74) is 0.851. The third-order valence-corrected chi connectivity index (χ3v) is 4.65. The molecule has 24 heavy (non-hydrogen) atoms. The van der Waals surface area contributed by atoms with Crippen LogP contribution in [-0.2, 0) is 10.0 Å². The van der Waals surface area contributed by atoms with Crippen LogP contribution in [0, 0.1) is 13.8 Å². The molecule has 2 aromatic carbocycles. The number of aromatic hydroxyl groups is 1. The summed E-state index contributed by atoms with van der Waals surface area (Å²) >= 11 is 0. The molecule has 0 saturated heterocycles. The molecule has 0 fully saturated rings. The lowest BCUT2D eigenvalue weighted by atomic mass is 10.1. The van der Waals surface area contributed by atoms with Gasteiger partial charge in [0.2, 0.25) is 0 Å². The van der Waals surface area contributed by atoms with Gasteiger partial charge in [0.25, 0.3) is 10.0 Å². The summed E-state index contributed by atoms with van der Waals surface area (Å²) in [5, 5.41) is 9.85. The van der Waals surface area contributed by atoms with Gasteiger partial charge in [0, 0.05) is 5.56 Å². The van der Waals surface area contributed by atoms with Crippen LogP contribution in [0.3, 0.4) is 0 Å². The lowest BCUT2D eigenvalue weighted by molar-refractivity contribution is -0.275. The van der Waals surface area contributed by atoms with E-state index in [1.807, 2.05) is 0 Å². The predicted octanol–water partition coefficient (Wildman–Crippen LogP) is 3.71. The van der Waals surface area contributed by atoms with Gasteiger partial charge in [0.05, 0.1) is 5.69 Å². The number of benzene rings is 2. The standard InChI is InChI=1S/C15H14F3NO4S/c1-9-7-8-11(10(2)14(9)20)19-24(21,22)13-6-4-3-5-12(13)23-15(16,17)18/h3-8,19-20H,1-2H3. The molecule has 2 rings (SSSR count). The smallest absolute Gasteiger partial charge is 0.507 e. The summed E-state index contributed by atoms with van der Waals surface area (Å²) in [6.07, 6.45) is -5.02. The molecule has 2 N–H and O–H groups in total. The van der Waals surface area contributed by atoms with Gasteiger partial charge < -0.3 is 9.84 Å². The van der Waals surface area contributed by atoms with Crippen molar-refractivity contribution in [2.75, 3.05) is 4.72 Å². The number of para-hydroxylation sites is 1. The molecule has 0 aromatic heterocycles. The summed E-state index contributed by atoms with van der Waals surface area (Å²) in [6, 6.07) is 7.29. The summed E-state index contributed by atoms with van der Waals surface area (Å²) in [6.45, 7) is 3.12. The number of hydrogen-bond donors (Lipinski definition) is 2. The Morgan fingerprint density at radius 3 is 2.33 bits per heavy atom. The Labute approximate surface area is 136 Å². The Morgan fingerprint density at radius 2 is 1.71 bits per heavy atom. The highest BCUT2D eigenvalue weighted by Gasteiger charge is 2.34. The lowest BCUT2D eigenvalue weighted by Crippen LogP contribution is -2.21. The van der Waals surface area contributed by atoms with Gasteiger partial charge >= 0.3 is 6.36 Å². The molecule has 0 heterocycles. The topological polar surface area (TPSA) is 75.6 Å². The first-order chi connectivity index (χ1) is 11.0. The molecule has 0 aliphatic rings. The van der Waals surface area contributed by atoms with E-state index in [-0.39, 0.29) is 17.0 Å². The first-order valence-corrected chi connectivity index (χ1v) is 8.16. The third-order valence-electron chi connectivity index (χ3n) is 3.24. The predicted molar refractivity (Wildman–Crippen MR) is 81.5 cm³/mol. The van der Waals surface area contributed by atoms with E-state index in [1.54, 1.807) is 6.92 Å². The van der Waals surface area contributed by atoms with E-state index in [4.69, 9.17) is 0 Å². The van der Waals surface area contributed by atoms with Crippen LogP contribution in [0.25, 0.3) is 0 Å². The first kappa shape index (κ1) is 17.9. The fraction of sp³-hybridized carbons (Fsp3) is 0.200. The van der Waals surface area contributed by atoms with Crippen LogP contribution in [0.5, 0.6) is 11.5 Å². The molecule has 0 amide bonds. The molecule has 0 spiro atoms. The van der Waals surface area contributed by atoms with E-state index in [1.165, 1.54) is 31.2 Å². The molecular weight excluding hydrogens is 347 g/mol. The monoisotopic (exact) mass is 361 g/mol. The van der Waals surface area contributed by atoms with Crippen molar-refractivity contribution in [2.24, 2.45) is 0 Å². The number of sulfonamides is 1. The largest absolute Gasteiger partial charge is 0.573 e. The van der Waals surface area contributed by atoms with Crippen LogP contribution in [0.15, 0.2) is 41.3 Å². The number of phenols is 1. The van der Waals surface area contributed by atoms with Crippen molar-refractivity contribution in [1.82, 2.24) is 0 Å². The van der Waals surface area contributed by atoms with Gasteiger partial charge in [-0.2, -0.15) is 0 Å². The average molecular weight is 361 g/mol. The molecule has 2 aromatic rings. The summed E-state index contributed by atoms with van der Waals surface area (Å²) in [4.78, 5) is -0.665. The number of rotatable bonds is 4. The van der Waals surface area contributed by atoms with Gasteiger partial charge in [0.1, 0.15) is 16.4 Å². The number of alkyl halides is 3. The summed E-state index contributed by atoms with van der Waals surface area (Å²) in [7, 11) is -4.35. The van der Waals surface area contributed by atoms with Gasteiger partial charge in [-0.1, -0.05) is 18.2 Å². The van der Waals surface area contributed by atoms with E-state index < -0.39 is 27.0 Å². The zero-order valence-corrected chi connectivity index (χ0v) is 13.5. The van der Waals surface area contributed by atoms with E-state index in [2.05, 4.69) is 9.46 Å². The molecule has 130 valence electrons. The number of phenolic OH excluding ortho intramolecular Hbond substituents is 1. The Kier molecular flexibility index (Phi) is 4.66. The number of hydrogen-bond acceptors (Lipinski definition) is 4. The van der Waals surface area contributed by atoms with Gasteiger partial charge in [-0.15, -0.1) is 13.2 Å². The maximum Gasteiger partial charge on any atom is 0.573 e. The van der Waals surface area contributed by atoms with E-state index in [9.17, 15) is 26.7 Å². The van der Waals surface area contributed by atoms with Gasteiger partial charge in [-0.3, -0.25) is 4.72 Å². The van der Waals surface area contributed by atoms with Gasteiger partial charge in [-0.25, -0.2) is 8.42 Å². The van der Waals surface area contributed by atoms with Crippen LogP contribution in [0.4, 0.5) is 18.9 Å². The molecular formula is C15H14F3NO4S. The number of anilines is 1. The van der Waals surface area contributed by atoms with Crippen LogP contribution < -0.4 is 9.46 Å². The quantitative estimate of drug-likeness (QED) is 0.871. The number of halogens is 3. The van der Waals surface area contributed by atoms with Crippen molar-refractivity contribution in [3.8, 4) is 11.5 Å². The molecule has 0 radical (unpaired) electrons. The molecule has 0 aliphatic carbocycles. The Hall–Kier alpha value is -2.42. The fourth-order valence-corrected chi connectivity index (χ4v) is 3.28. The first-order valence-electron chi connectivity index (χ1n) is 6.68. The number of aryl methyl sites for hydroxylation is 1. The molecule has 0 bridgehead atoms. The molecule has 0 saturated carbocycles. The van der Waals surface area contributed by atoms with Crippen molar-refractivity contribution in [3.05, 3.63) is 47.5 Å². The zero-order valence-electron chi connectivity index (χ0n) is 12.7. The van der Waals surface area contributed by atoms with Crippen molar-refractivity contribution < 1.29 is 31.4 Å². The normalized spacial score (nSPS) is 12.0. The average Bonchev–Trinajstić information content (AvgIpc) is 2.47. The number of nitrogens with one attached hydrogen (secondary N) is 1. The minimum atomic E-state index is -5.02. The van der Waals surface area contributed by atoms with Crippen LogP contribution in [0.1, 0.15) is 11.1 Å². The maximum absolute atomic E-state index is 12.4. The van der Waals surface area contributed by atoms with Gasteiger partial charge in [-0.05, 0) is 37.6 Å². The lowest BCUT2D eigenvalue weighted by Gasteiger charge is -2.16. The highest BCUT2D eigenvalue weighted by Crippen LogP contribution is 2.33. The third kappa shape index (κ3) is 3.91. The van der Waals surface area contributed by atoms with Crippen molar-refractivity contribution in [1.29, 1.82) is 0 Å². The fourth-order valence-electron chi connectivity index (χ4n) is 2.03.